The van der Waals surface area contributed by atoms with Crippen LogP contribution in [0.15, 0.2) is 18.2 Å². The van der Waals surface area contributed by atoms with Crippen LogP contribution in [0.4, 0.5) is 11.5 Å². The minimum atomic E-state index is -0.685. The van der Waals surface area contributed by atoms with Gasteiger partial charge in [0.05, 0.1) is 5.69 Å². The van der Waals surface area contributed by atoms with E-state index in [0.717, 1.165) is 31.5 Å². The molecule has 2 amide bonds. The van der Waals surface area contributed by atoms with Gasteiger partial charge in [-0.1, -0.05) is 18.5 Å². The Morgan fingerprint density at radius 3 is 2.54 bits per heavy atom. The molecular formula is C20H24ClN5O2. The Bertz CT molecular complexity index is 910. The lowest BCUT2D eigenvalue weighted by atomic mass is 10.0. The zero-order chi connectivity index (χ0) is 20.3. The molecule has 1 aromatic heterocycles. The second-order valence-corrected chi connectivity index (χ2v) is 7.24. The summed E-state index contributed by atoms with van der Waals surface area (Å²) in [6, 6.07) is 5.40. The van der Waals surface area contributed by atoms with Crippen molar-refractivity contribution in [3.05, 3.63) is 45.9 Å². The Balaban J connectivity index is 1.86. The van der Waals surface area contributed by atoms with Crippen LogP contribution in [0, 0.1) is 6.92 Å². The molecule has 2 heterocycles. The van der Waals surface area contributed by atoms with Crippen LogP contribution in [0.1, 0.15) is 58.3 Å². The van der Waals surface area contributed by atoms with Crippen molar-refractivity contribution in [2.24, 2.45) is 5.73 Å². The monoisotopic (exact) mass is 401 g/mol. The number of carbonyl (C=O) groups is 2. The van der Waals surface area contributed by atoms with E-state index in [4.69, 9.17) is 17.3 Å². The van der Waals surface area contributed by atoms with E-state index >= 15 is 0 Å². The summed E-state index contributed by atoms with van der Waals surface area (Å²) in [5.74, 6) is -0.434. The van der Waals surface area contributed by atoms with Gasteiger partial charge in [0, 0.05) is 24.3 Å². The molecular weight excluding hydrogens is 378 g/mol. The molecule has 3 rings (SSSR count). The van der Waals surface area contributed by atoms with Crippen molar-refractivity contribution in [3.8, 4) is 0 Å². The van der Waals surface area contributed by atoms with Crippen LogP contribution in [0.2, 0.25) is 5.15 Å². The number of rotatable bonds is 5. The van der Waals surface area contributed by atoms with Crippen LogP contribution in [0.25, 0.3) is 0 Å². The molecule has 148 valence electrons. The second-order valence-electron chi connectivity index (χ2n) is 6.88. The zero-order valence-electron chi connectivity index (χ0n) is 16.1. The van der Waals surface area contributed by atoms with Crippen LogP contribution >= 0.6 is 11.6 Å². The zero-order valence-corrected chi connectivity index (χ0v) is 16.8. The number of halogens is 1. The highest BCUT2D eigenvalue weighted by molar-refractivity contribution is 6.30. The Morgan fingerprint density at radius 2 is 1.93 bits per heavy atom. The SMILES string of the molecule is CCc1nc(C(N)=O)c(Nc2ccc(C(=O)N3CCCCC3)c(C)c2)nc1Cl. The predicted molar refractivity (Wildman–Crippen MR) is 109 cm³/mol. The van der Waals surface area contributed by atoms with Crippen LogP contribution in [0.3, 0.4) is 0 Å². The number of hydrogen-bond donors (Lipinski definition) is 2. The molecule has 1 saturated heterocycles. The minimum Gasteiger partial charge on any atom is -0.364 e. The van der Waals surface area contributed by atoms with E-state index in [2.05, 4.69) is 15.3 Å². The van der Waals surface area contributed by atoms with Crippen molar-refractivity contribution in [3.63, 3.8) is 0 Å². The molecule has 0 spiro atoms. The first kappa shape index (κ1) is 20.1. The first-order valence-electron chi connectivity index (χ1n) is 9.44. The van der Waals surface area contributed by atoms with Crippen molar-refractivity contribution >= 4 is 34.9 Å². The number of aromatic nitrogens is 2. The van der Waals surface area contributed by atoms with Gasteiger partial charge in [-0.15, -0.1) is 0 Å². The standard InChI is InChI=1S/C20H24ClN5O2/c1-3-15-17(21)25-19(16(24-15)18(22)27)23-13-7-8-14(12(2)11-13)20(28)26-9-5-4-6-10-26/h7-8,11H,3-6,9-10H2,1-2H3,(H2,22,27)(H,23,25). The van der Waals surface area contributed by atoms with Gasteiger partial charge in [-0.3, -0.25) is 9.59 Å². The molecule has 0 radical (unpaired) electrons. The van der Waals surface area contributed by atoms with Crippen molar-refractivity contribution < 1.29 is 9.59 Å². The van der Waals surface area contributed by atoms with Gasteiger partial charge in [-0.2, -0.15) is 0 Å². The molecule has 0 aliphatic carbocycles. The molecule has 3 N–H and O–H groups in total. The largest absolute Gasteiger partial charge is 0.364 e. The Morgan fingerprint density at radius 1 is 1.21 bits per heavy atom. The maximum atomic E-state index is 12.8. The van der Waals surface area contributed by atoms with Gasteiger partial charge in [0.25, 0.3) is 11.8 Å². The number of anilines is 2. The van der Waals surface area contributed by atoms with Crippen LogP contribution in [-0.4, -0.2) is 39.8 Å². The van der Waals surface area contributed by atoms with Crippen LogP contribution in [-0.2, 0) is 6.42 Å². The summed E-state index contributed by atoms with van der Waals surface area (Å²) < 4.78 is 0. The highest BCUT2D eigenvalue weighted by Gasteiger charge is 2.20. The maximum Gasteiger partial charge on any atom is 0.271 e. The van der Waals surface area contributed by atoms with E-state index in [1.165, 1.54) is 6.42 Å². The summed E-state index contributed by atoms with van der Waals surface area (Å²) in [6.45, 7) is 5.36. The van der Waals surface area contributed by atoms with E-state index in [1.54, 1.807) is 12.1 Å². The normalized spacial score (nSPS) is 14.0. The molecule has 1 aromatic carbocycles. The highest BCUT2D eigenvalue weighted by atomic mass is 35.5. The molecule has 1 fully saturated rings. The Labute approximate surface area is 169 Å². The summed E-state index contributed by atoms with van der Waals surface area (Å²) in [5, 5.41) is 3.27. The van der Waals surface area contributed by atoms with E-state index in [1.807, 2.05) is 24.8 Å². The summed E-state index contributed by atoms with van der Waals surface area (Å²) in [6.07, 6.45) is 3.81. The van der Waals surface area contributed by atoms with Crippen LogP contribution < -0.4 is 11.1 Å². The number of aryl methyl sites for hydroxylation is 2. The third-order valence-electron chi connectivity index (χ3n) is 4.85. The first-order valence-corrected chi connectivity index (χ1v) is 9.81. The second kappa shape index (κ2) is 8.56. The Hall–Kier alpha value is -2.67. The fraction of sp³-hybridized carbons (Fsp3) is 0.400. The quantitative estimate of drug-likeness (QED) is 0.798. The number of likely N-dealkylation sites (tertiary alicyclic amines) is 1. The van der Waals surface area contributed by atoms with E-state index in [-0.39, 0.29) is 22.6 Å². The van der Waals surface area contributed by atoms with E-state index < -0.39 is 5.91 Å². The fourth-order valence-corrected chi connectivity index (χ4v) is 3.58. The number of benzene rings is 1. The van der Waals surface area contributed by atoms with Gasteiger partial charge in [-0.05, 0) is 56.4 Å². The predicted octanol–water partition coefficient (Wildman–Crippen LogP) is 3.47. The van der Waals surface area contributed by atoms with Gasteiger partial charge in [0.1, 0.15) is 0 Å². The lowest BCUT2D eigenvalue weighted by Crippen LogP contribution is -2.35. The number of hydrogen-bond acceptors (Lipinski definition) is 5. The lowest BCUT2D eigenvalue weighted by Gasteiger charge is -2.27. The summed E-state index contributed by atoms with van der Waals surface area (Å²) in [7, 11) is 0. The lowest BCUT2D eigenvalue weighted by molar-refractivity contribution is 0.0723. The summed E-state index contributed by atoms with van der Waals surface area (Å²) in [4.78, 5) is 34.9. The van der Waals surface area contributed by atoms with Gasteiger partial charge >= 0.3 is 0 Å². The van der Waals surface area contributed by atoms with Crippen molar-refractivity contribution in [1.29, 1.82) is 0 Å². The van der Waals surface area contributed by atoms with Gasteiger partial charge in [0.15, 0.2) is 16.7 Å². The Kier molecular flexibility index (Phi) is 6.14. The molecule has 1 aliphatic rings. The minimum absolute atomic E-state index is 0.0346. The third-order valence-corrected chi connectivity index (χ3v) is 5.15. The van der Waals surface area contributed by atoms with Gasteiger partial charge in [0.2, 0.25) is 0 Å². The molecule has 0 atom stereocenters. The molecule has 0 bridgehead atoms. The summed E-state index contributed by atoms with van der Waals surface area (Å²) >= 11 is 6.14. The molecule has 28 heavy (non-hydrogen) atoms. The third kappa shape index (κ3) is 4.25. The molecule has 0 saturated carbocycles. The van der Waals surface area contributed by atoms with E-state index in [9.17, 15) is 9.59 Å². The first-order chi connectivity index (χ1) is 13.4. The van der Waals surface area contributed by atoms with E-state index in [0.29, 0.717) is 23.4 Å². The fourth-order valence-electron chi connectivity index (χ4n) is 3.32. The molecule has 8 heteroatoms. The number of nitrogens with one attached hydrogen (secondary N) is 1. The number of piperidine rings is 1. The number of nitrogens with zero attached hydrogens (tertiary/aromatic N) is 3. The average molecular weight is 402 g/mol. The van der Waals surface area contributed by atoms with Crippen LogP contribution in [0.5, 0.6) is 0 Å². The average Bonchev–Trinajstić information content (AvgIpc) is 2.68. The summed E-state index contributed by atoms with van der Waals surface area (Å²) in [5.41, 5.74) is 8.18. The number of nitrogens with two attached hydrogens (primary N) is 1. The molecule has 1 aliphatic heterocycles. The van der Waals surface area contributed by atoms with Crippen molar-refractivity contribution in [2.75, 3.05) is 18.4 Å². The topological polar surface area (TPSA) is 101 Å². The maximum absolute atomic E-state index is 12.8. The van der Waals surface area contributed by atoms with Crippen molar-refractivity contribution in [1.82, 2.24) is 14.9 Å². The molecule has 0 unspecified atom stereocenters. The smallest absolute Gasteiger partial charge is 0.271 e. The van der Waals surface area contributed by atoms with Gasteiger partial charge in [-0.25, -0.2) is 9.97 Å². The number of primary amides is 1. The van der Waals surface area contributed by atoms with Gasteiger partial charge < -0.3 is 16.0 Å². The van der Waals surface area contributed by atoms with Crippen molar-refractivity contribution in [2.45, 2.75) is 39.5 Å². The number of carbonyl (C=O) groups excluding carboxylic acids is 2. The molecule has 7 nitrogen and oxygen atoms in total. The molecule has 2 aromatic rings. The highest BCUT2D eigenvalue weighted by Crippen LogP contribution is 2.25. The number of amides is 2.